The summed E-state index contributed by atoms with van der Waals surface area (Å²) >= 11 is 0. The molecule has 1 aromatic carbocycles. The highest BCUT2D eigenvalue weighted by molar-refractivity contribution is 5.95. The Morgan fingerprint density at radius 3 is 2.82 bits per heavy atom. The van der Waals surface area contributed by atoms with E-state index in [4.69, 9.17) is 9.47 Å². The quantitative estimate of drug-likeness (QED) is 0.878. The van der Waals surface area contributed by atoms with Crippen LogP contribution in [-0.2, 0) is 4.79 Å². The second-order valence-electron chi connectivity index (χ2n) is 6.27. The number of carbonyl (C=O) groups excluding carboxylic acids is 1. The molecule has 0 aromatic heterocycles. The number of amides is 1. The van der Waals surface area contributed by atoms with Crippen molar-refractivity contribution in [2.75, 3.05) is 25.6 Å². The monoisotopic (exact) mass is 306 g/mol. The van der Waals surface area contributed by atoms with Gasteiger partial charge in [-0.05, 0) is 43.9 Å². The van der Waals surface area contributed by atoms with Crippen LogP contribution in [0.1, 0.15) is 33.6 Å². The van der Waals surface area contributed by atoms with Crippen LogP contribution in [0.25, 0.3) is 0 Å². The maximum Gasteiger partial charge on any atom is 0.242 e. The first-order valence-corrected chi connectivity index (χ1v) is 7.83. The van der Waals surface area contributed by atoms with Gasteiger partial charge < -0.3 is 20.1 Å². The molecule has 1 atom stereocenters. The molecule has 1 unspecified atom stereocenters. The van der Waals surface area contributed by atoms with Gasteiger partial charge in [-0.25, -0.2) is 0 Å². The molecule has 1 saturated heterocycles. The van der Waals surface area contributed by atoms with Crippen LogP contribution in [0.4, 0.5) is 5.69 Å². The smallest absolute Gasteiger partial charge is 0.242 e. The largest absolute Gasteiger partial charge is 0.493 e. The topological polar surface area (TPSA) is 59.6 Å². The van der Waals surface area contributed by atoms with Crippen molar-refractivity contribution in [1.82, 2.24) is 5.32 Å². The van der Waals surface area contributed by atoms with Crippen molar-refractivity contribution in [1.29, 1.82) is 0 Å². The molecular formula is C17H26N2O3. The highest BCUT2D eigenvalue weighted by Gasteiger charge is 2.37. The van der Waals surface area contributed by atoms with Crippen molar-refractivity contribution in [3.8, 4) is 11.5 Å². The fourth-order valence-electron chi connectivity index (χ4n) is 2.90. The third-order valence-electron chi connectivity index (χ3n) is 4.12. The van der Waals surface area contributed by atoms with Crippen molar-refractivity contribution in [3.63, 3.8) is 0 Å². The number of benzene rings is 1. The summed E-state index contributed by atoms with van der Waals surface area (Å²) in [6.07, 6.45) is 2.15. The Morgan fingerprint density at radius 1 is 1.41 bits per heavy atom. The molecule has 1 aromatic rings. The van der Waals surface area contributed by atoms with E-state index in [0.29, 0.717) is 18.1 Å². The molecule has 0 saturated carbocycles. The number of hydrogen-bond acceptors (Lipinski definition) is 4. The van der Waals surface area contributed by atoms with Crippen LogP contribution in [0, 0.1) is 5.41 Å². The normalized spacial score (nSPS) is 20.3. The molecule has 22 heavy (non-hydrogen) atoms. The molecular weight excluding hydrogens is 280 g/mol. The molecule has 5 nitrogen and oxygen atoms in total. The van der Waals surface area contributed by atoms with Gasteiger partial charge in [0, 0.05) is 11.8 Å². The summed E-state index contributed by atoms with van der Waals surface area (Å²) in [7, 11) is 1.60. The van der Waals surface area contributed by atoms with E-state index in [1.165, 1.54) is 0 Å². The highest BCUT2D eigenvalue weighted by Crippen LogP contribution is 2.33. The Hall–Kier alpha value is -1.75. The summed E-state index contributed by atoms with van der Waals surface area (Å²) < 4.78 is 10.8. The predicted octanol–water partition coefficient (Wildman–Crippen LogP) is 2.81. The first kappa shape index (κ1) is 16.6. The predicted molar refractivity (Wildman–Crippen MR) is 87.6 cm³/mol. The number of nitrogens with one attached hydrogen (secondary N) is 2. The van der Waals surface area contributed by atoms with E-state index in [-0.39, 0.29) is 17.4 Å². The van der Waals surface area contributed by atoms with Crippen molar-refractivity contribution < 1.29 is 14.3 Å². The van der Waals surface area contributed by atoms with E-state index in [2.05, 4.69) is 24.5 Å². The zero-order chi connectivity index (χ0) is 16.2. The summed E-state index contributed by atoms with van der Waals surface area (Å²) in [6, 6.07) is 5.25. The number of hydrogen-bond donors (Lipinski definition) is 2. The van der Waals surface area contributed by atoms with Gasteiger partial charge in [-0.1, -0.05) is 13.8 Å². The molecule has 1 aliphatic rings. The van der Waals surface area contributed by atoms with Crippen molar-refractivity contribution in [2.24, 2.45) is 5.41 Å². The fourth-order valence-corrected chi connectivity index (χ4v) is 2.90. The zero-order valence-corrected chi connectivity index (χ0v) is 13.9. The van der Waals surface area contributed by atoms with Crippen LogP contribution in [0.15, 0.2) is 18.2 Å². The standard InChI is InChI=1S/C17H26N2O3/c1-5-22-14-11-12(7-8-13(14)21-4)19-16(20)15-17(2,3)9-6-10-18-15/h7-8,11,15,18H,5-6,9-10H2,1-4H3,(H,19,20). The number of methoxy groups -OCH3 is 1. The molecule has 2 rings (SSSR count). The summed E-state index contributed by atoms with van der Waals surface area (Å²) in [5.74, 6) is 1.30. The fraction of sp³-hybridized carbons (Fsp3) is 0.588. The Labute approximate surface area is 132 Å². The Kier molecular flexibility index (Phi) is 5.29. The van der Waals surface area contributed by atoms with Gasteiger partial charge in [-0.3, -0.25) is 4.79 Å². The van der Waals surface area contributed by atoms with Crippen LogP contribution in [0.3, 0.4) is 0 Å². The maximum absolute atomic E-state index is 12.6. The minimum Gasteiger partial charge on any atom is -0.493 e. The molecule has 0 spiro atoms. The van der Waals surface area contributed by atoms with Crippen molar-refractivity contribution >= 4 is 11.6 Å². The van der Waals surface area contributed by atoms with E-state index in [1.54, 1.807) is 19.2 Å². The third-order valence-corrected chi connectivity index (χ3v) is 4.12. The van der Waals surface area contributed by atoms with E-state index >= 15 is 0 Å². The number of carbonyl (C=O) groups is 1. The van der Waals surface area contributed by atoms with E-state index < -0.39 is 0 Å². The lowest BCUT2D eigenvalue weighted by Crippen LogP contribution is -2.53. The van der Waals surface area contributed by atoms with Crippen LogP contribution in [0.5, 0.6) is 11.5 Å². The van der Waals surface area contributed by atoms with Crippen LogP contribution in [0.2, 0.25) is 0 Å². The van der Waals surface area contributed by atoms with Crippen LogP contribution < -0.4 is 20.1 Å². The molecule has 1 fully saturated rings. The molecule has 0 bridgehead atoms. The molecule has 5 heteroatoms. The Morgan fingerprint density at radius 2 is 2.18 bits per heavy atom. The van der Waals surface area contributed by atoms with E-state index in [0.717, 1.165) is 25.1 Å². The third kappa shape index (κ3) is 3.71. The Balaban J connectivity index is 2.12. The van der Waals surface area contributed by atoms with Crippen LogP contribution >= 0.6 is 0 Å². The van der Waals surface area contributed by atoms with E-state index in [1.807, 2.05) is 13.0 Å². The molecule has 1 aliphatic heterocycles. The molecule has 1 heterocycles. The zero-order valence-electron chi connectivity index (χ0n) is 13.9. The average molecular weight is 306 g/mol. The molecule has 2 N–H and O–H groups in total. The van der Waals surface area contributed by atoms with Crippen molar-refractivity contribution in [2.45, 2.75) is 39.7 Å². The van der Waals surface area contributed by atoms with Gasteiger partial charge in [0.15, 0.2) is 11.5 Å². The number of anilines is 1. The van der Waals surface area contributed by atoms with Gasteiger partial charge in [0.1, 0.15) is 0 Å². The summed E-state index contributed by atoms with van der Waals surface area (Å²) in [5, 5.41) is 6.30. The number of piperidine rings is 1. The minimum atomic E-state index is -0.182. The molecule has 0 aliphatic carbocycles. The van der Waals surface area contributed by atoms with Gasteiger partial charge >= 0.3 is 0 Å². The second kappa shape index (κ2) is 7.01. The van der Waals surface area contributed by atoms with Gasteiger partial charge in [0.2, 0.25) is 5.91 Å². The summed E-state index contributed by atoms with van der Waals surface area (Å²) in [4.78, 5) is 12.6. The number of ether oxygens (including phenoxy) is 2. The lowest BCUT2D eigenvalue weighted by atomic mass is 9.77. The molecule has 122 valence electrons. The lowest BCUT2D eigenvalue weighted by Gasteiger charge is -2.38. The minimum absolute atomic E-state index is 0.00249. The highest BCUT2D eigenvalue weighted by atomic mass is 16.5. The maximum atomic E-state index is 12.6. The summed E-state index contributed by atoms with van der Waals surface area (Å²) in [5.41, 5.74) is 0.676. The molecule has 0 radical (unpaired) electrons. The first-order chi connectivity index (χ1) is 10.5. The first-order valence-electron chi connectivity index (χ1n) is 7.83. The molecule has 1 amide bonds. The van der Waals surface area contributed by atoms with Gasteiger partial charge in [0.05, 0.1) is 19.8 Å². The van der Waals surface area contributed by atoms with Gasteiger partial charge in [-0.15, -0.1) is 0 Å². The Bertz CT molecular complexity index is 529. The second-order valence-corrected chi connectivity index (χ2v) is 6.27. The lowest BCUT2D eigenvalue weighted by molar-refractivity contribution is -0.121. The summed E-state index contributed by atoms with van der Waals surface area (Å²) in [6.45, 7) is 7.60. The number of rotatable bonds is 5. The SMILES string of the molecule is CCOc1cc(NC(=O)C2NCCCC2(C)C)ccc1OC. The van der Waals surface area contributed by atoms with Crippen molar-refractivity contribution in [3.05, 3.63) is 18.2 Å². The van der Waals surface area contributed by atoms with E-state index in [9.17, 15) is 4.79 Å². The van der Waals surface area contributed by atoms with Crippen LogP contribution in [-0.4, -0.2) is 32.2 Å². The average Bonchev–Trinajstić information content (AvgIpc) is 2.47. The van der Waals surface area contributed by atoms with Gasteiger partial charge in [-0.2, -0.15) is 0 Å². The van der Waals surface area contributed by atoms with Gasteiger partial charge in [0.25, 0.3) is 0 Å².